The van der Waals surface area contributed by atoms with Crippen LogP contribution in [0.15, 0.2) is 23.5 Å². The highest BCUT2D eigenvalue weighted by atomic mass is 19.3. The van der Waals surface area contributed by atoms with Crippen molar-refractivity contribution >= 4 is 11.9 Å². The van der Waals surface area contributed by atoms with Gasteiger partial charge in [-0.05, 0) is 6.07 Å². The van der Waals surface area contributed by atoms with Gasteiger partial charge < -0.3 is 15.5 Å². The van der Waals surface area contributed by atoms with Crippen LogP contribution in [0, 0.1) is 0 Å². The first kappa shape index (κ1) is 14.0. The molecule has 2 heterocycles. The van der Waals surface area contributed by atoms with E-state index in [9.17, 15) is 8.78 Å². The molecule has 1 saturated heterocycles. The predicted molar refractivity (Wildman–Crippen MR) is 75.4 cm³/mol. The Morgan fingerprint density at radius 2 is 1.81 bits per heavy atom. The van der Waals surface area contributed by atoms with Crippen molar-refractivity contribution < 1.29 is 8.78 Å². The standard InChI is InChI=1S/C13H18F2N6/c14-13(15)8-10(9-13)19-11(16)20-4-6-21(7-5-20)12-17-2-1-3-18-12/h1-3,10H,4-9H2,(H2,16,19). The van der Waals surface area contributed by atoms with Gasteiger partial charge in [-0.1, -0.05) is 0 Å². The van der Waals surface area contributed by atoms with Crippen molar-refractivity contribution in [3.63, 3.8) is 0 Å². The lowest BCUT2D eigenvalue weighted by Gasteiger charge is -2.37. The zero-order chi connectivity index (χ0) is 14.9. The van der Waals surface area contributed by atoms with E-state index in [1.807, 2.05) is 4.90 Å². The molecule has 114 valence electrons. The molecule has 0 aromatic carbocycles. The van der Waals surface area contributed by atoms with Gasteiger partial charge in [0.1, 0.15) is 0 Å². The van der Waals surface area contributed by atoms with E-state index >= 15 is 0 Å². The summed E-state index contributed by atoms with van der Waals surface area (Å²) in [6.45, 7) is 2.86. The van der Waals surface area contributed by atoms with Gasteiger partial charge in [0.15, 0.2) is 5.96 Å². The SMILES string of the molecule is NC(=NC1CC(F)(F)C1)N1CCN(c2ncccn2)CC1. The number of aliphatic imine (C=N–C) groups is 1. The summed E-state index contributed by atoms with van der Waals surface area (Å²) >= 11 is 0. The van der Waals surface area contributed by atoms with Crippen LogP contribution in [-0.4, -0.2) is 59.0 Å². The summed E-state index contributed by atoms with van der Waals surface area (Å²) in [6.07, 6.45) is 3.04. The van der Waals surface area contributed by atoms with Crippen molar-refractivity contribution in [2.24, 2.45) is 10.7 Å². The molecule has 6 nitrogen and oxygen atoms in total. The molecular weight excluding hydrogens is 278 g/mol. The van der Waals surface area contributed by atoms with Crippen LogP contribution < -0.4 is 10.6 Å². The summed E-state index contributed by atoms with van der Waals surface area (Å²) in [4.78, 5) is 16.6. The van der Waals surface area contributed by atoms with Crippen LogP contribution >= 0.6 is 0 Å². The van der Waals surface area contributed by atoms with Crippen molar-refractivity contribution in [2.45, 2.75) is 24.8 Å². The van der Waals surface area contributed by atoms with Crippen molar-refractivity contribution in [3.8, 4) is 0 Å². The number of nitrogens with two attached hydrogens (primary N) is 1. The lowest BCUT2D eigenvalue weighted by molar-refractivity contribution is -0.0836. The first-order valence-electron chi connectivity index (χ1n) is 7.01. The summed E-state index contributed by atoms with van der Waals surface area (Å²) in [6, 6.07) is 1.44. The fraction of sp³-hybridized carbons (Fsp3) is 0.615. The maximum absolute atomic E-state index is 12.8. The number of guanidine groups is 1. The van der Waals surface area contributed by atoms with Gasteiger partial charge in [-0.25, -0.2) is 23.7 Å². The van der Waals surface area contributed by atoms with E-state index in [-0.39, 0.29) is 18.9 Å². The molecule has 1 saturated carbocycles. The van der Waals surface area contributed by atoms with E-state index in [0.29, 0.717) is 25.0 Å². The molecule has 0 amide bonds. The highest BCUT2D eigenvalue weighted by Crippen LogP contribution is 2.39. The normalized spacial score (nSPS) is 23.0. The number of alkyl halides is 2. The molecule has 0 bridgehead atoms. The number of hydrogen-bond donors (Lipinski definition) is 1. The molecule has 0 atom stereocenters. The Balaban J connectivity index is 1.53. The summed E-state index contributed by atoms with van der Waals surface area (Å²) in [5.41, 5.74) is 5.91. The maximum Gasteiger partial charge on any atom is 0.252 e. The second-order valence-corrected chi connectivity index (χ2v) is 5.43. The van der Waals surface area contributed by atoms with Gasteiger partial charge in [-0.2, -0.15) is 0 Å². The van der Waals surface area contributed by atoms with Crippen LogP contribution in [0.3, 0.4) is 0 Å². The van der Waals surface area contributed by atoms with Gasteiger partial charge in [-0.3, -0.25) is 0 Å². The van der Waals surface area contributed by atoms with Gasteiger partial charge in [0, 0.05) is 51.4 Å². The fourth-order valence-electron chi connectivity index (χ4n) is 2.58. The van der Waals surface area contributed by atoms with E-state index in [1.54, 1.807) is 18.5 Å². The van der Waals surface area contributed by atoms with E-state index < -0.39 is 5.92 Å². The van der Waals surface area contributed by atoms with Crippen LogP contribution in [0.4, 0.5) is 14.7 Å². The topological polar surface area (TPSA) is 70.6 Å². The Kier molecular flexibility index (Phi) is 3.60. The molecule has 8 heteroatoms. The van der Waals surface area contributed by atoms with Crippen molar-refractivity contribution in [3.05, 3.63) is 18.5 Å². The summed E-state index contributed by atoms with van der Waals surface area (Å²) < 4.78 is 25.6. The van der Waals surface area contributed by atoms with E-state index in [4.69, 9.17) is 5.73 Å². The van der Waals surface area contributed by atoms with E-state index in [1.165, 1.54) is 0 Å². The minimum absolute atomic E-state index is 0.189. The minimum Gasteiger partial charge on any atom is -0.370 e. The first-order chi connectivity index (χ1) is 10.0. The highest BCUT2D eigenvalue weighted by Gasteiger charge is 2.45. The lowest BCUT2D eigenvalue weighted by Crippen LogP contribution is -2.52. The van der Waals surface area contributed by atoms with Crippen molar-refractivity contribution in [1.82, 2.24) is 14.9 Å². The number of rotatable bonds is 2. The molecule has 2 fully saturated rings. The summed E-state index contributed by atoms with van der Waals surface area (Å²) in [5.74, 6) is -1.49. The van der Waals surface area contributed by atoms with Gasteiger partial charge >= 0.3 is 0 Å². The van der Waals surface area contributed by atoms with Gasteiger partial charge in [0.05, 0.1) is 6.04 Å². The van der Waals surface area contributed by atoms with Crippen molar-refractivity contribution in [1.29, 1.82) is 0 Å². The lowest BCUT2D eigenvalue weighted by atomic mass is 9.89. The second-order valence-electron chi connectivity index (χ2n) is 5.43. The zero-order valence-corrected chi connectivity index (χ0v) is 11.6. The van der Waals surface area contributed by atoms with Crippen LogP contribution in [0.1, 0.15) is 12.8 Å². The molecular formula is C13H18F2N6. The Morgan fingerprint density at radius 1 is 1.19 bits per heavy atom. The molecule has 1 aromatic rings. The average molecular weight is 296 g/mol. The van der Waals surface area contributed by atoms with Gasteiger partial charge in [0.25, 0.3) is 5.92 Å². The van der Waals surface area contributed by atoms with Crippen LogP contribution in [0.2, 0.25) is 0 Å². The second kappa shape index (κ2) is 5.42. The summed E-state index contributed by atoms with van der Waals surface area (Å²) in [7, 11) is 0. The quantitative estimate of drug-likeness (QED) is 0.643. The molecule has 0 unspecified atom stereocenters. The molecule has 2 N–H and O–H groups in total. The molecule has 1 aliphatic carbocycles. The Morgan fingerprint density at radius 3 is 2.38 bits per heavy atom. The molecule has 0 radical (unpaired) electrons. The third kappa shape index (κ3) is 3.20. The monoisotopic (exact) mass is 296 g/mol. The third-order valence-corrected chi connectivity index (χ3v) is 3.82. The number of hydrogen-bond acceptors (Lipinski definition) is 4. The fourth-order valence-corrected chi connectivity index (χ4v) is 2.58. The number of piperazine rings is 1. The van der Waals surface area contributed by atoms with Crippen LogP contribution in [0.5, 0.6) is 0 Å². The number of nitrogens with zero attached hydrogens (tertiary/aromatic N) is 5. The molecule has 2 aliphatic rings. The molecule has 3 rings (SSSR count). The Bertz CT molecular complexity index is 505. The minimum atomic E-state index is -2.56. The number of halogens is 2. The van der Waals surface area contributed by atoms with Crippen LogP contribution in [0.25, 0.3) is 0 Å². The van der Waals surface area contributed by atoms with Crippen molar-refractivity contribution in [2.75, 3.05) is 31.1 Å². The third-order valence-electron chi connectivity index (χ3n) is 3.82. The van der Waals surface area contributed by atoms with Gasteiger partial charge in [0.2, 0.25) is 5.95 Å². The highest BCUT2D eigenvalue weighted by molar-refractivity contribution is 5.78. The maximum atomic E-state index is 12.8. The van der Waals surface area contributed by atoms with Crippen LogP contribution in [-0.2, 0) is 0 Å². The Hall–Kier alpha value is -1.99. The molecule has 1 aromatic heterocycles. The predicted octanol–water partition coefficient (Wildman–Crippen LogP) is 0.711. The first-order valence-corrected chi connectivity index (χ1v) is 7.01. The number of aromatic nitrogens is 2. The number of anilines is 1. The molecule has 0 spiro atoms. The Labute approximate surface area is 121 Å². The zero-order valence-electron chi connectivity index (χ0n) is 11.6. The average Bonchev–Trinajstić information content (AvgIpc) is 2.46. The van der Waals surface area contributed by atoms with E-state index in [0.717, 1.165) is 13.1 Å². The smallest absolute Gasteiger partial charge is 0.252 e. The van der Waals surface area contributed by atoms with Gasteiger partial charge in [-0.15, -0.1) is 0 Å². The largest absolute Gasteiger partial charge is 0.370 e. The molecule has 21 heavy (non-hydrogen) atoms. The molecule has 1 aliphatic heterocycles. The van der Waals surface area contributed by atoms with E-state index in [2.05, 4.69) is 19.9 Å². The summed E-state index contributed by atoms with van der Waals surface area (Å²) in [5, 5.41) is 0.